The van der Waals surface area contributed by atoms with E-state index in [2.05, 4.69) is 229 Å². The van der Waals surface area contributed by atoms with Crippen LogP contribution in [-0.4, -0.2) is 0 Å². The molecule has 0 bridgehead atoms. The number of para-hydroxylation sites is 1. The number of benzene rings is 9. The predicted molar refractivity (Wildman–Crippen MR) is 226 cm³/mol. The van der Waals surface area contributed by atoms with Crippen LogP contribution in [0.5, 0.6) is 0 Å². The summed E-state index contributed by atoms with van der Waals surface area (Å²) in [6.07, 6.45) is 0. The summed E-state index contributed by atoms with van der Waals surface area (Å²) in [7, 11) is 0. The highest BCUT2D eigenvalue weighted by molar-refractivity contribution is 5.97. The lowest BCUT2D eigenvalue weighted by atomic mass is 9.94. The van der Waals surface area contributed by atoms with Gasteiger partial charge < -0.3 is 4.90 Å². The number of hydrogen-bond donors (Lipinski definition) is 0. The highest BCUT2D eigenvalue weighted by Gasteiger charge is 2.18. The Hall–Kier alpha value is -6.96. The van der Waals surface area contributed by atoms with Crippen LogP contribution in [-0.2, 0) is 0 Å². The molecule has 0 N–H and O–H groups in total. The topological polar surface area (TPSA) is 3.24 Å². The number of hydrogen-bond acceptors (Lipinski definition) is 1. The fraction of sp³-hybridized carbons (Fsp3) is 0. The summed E-state index contributed by atoms with van der Waals surface area (Å²) in [6.45, 7) is 0. The average molecular weight is 676 g/mol. The second-order valence-electron chi connectivity index (χ2n) is 13.3. The Labute approximate surface area is 311 Å². The zero-order valence-electron chi connectivity index (χ0n) is 29.3. The van der Waals surface area contributed by atoms with Gasteiger partial charge in [-0.2, -0.15) is 0 Å². The first-order valence-electron chi connectivity index (χ1n) is 18.2. The molecule has 9 rings (SSSR count). The van der Waals surface area contributed by atoms with Gasteiger partial charge in [0.1, 0.15) is 0 Å². The lowest BCUT2D eigenvalue weighted by Crippen LogP contribution is -2.11. The largest absolute Gasteiger partial charge is 0.310 e. The van der Waals surface area contributed by atoms with Crippen molar-refractivity contribution in [3.8, 4) is 55.6 Å². The third kappa shape index (κ3) is 6.42. The minimum atomic E-state index is 1.09. The van der Waals surface area contributed by atoms with Crippen LogP contribution in [0.25, 0.3) is 66.4 Å². The van der Waals surface area contributed by atoms with Crippen molar-refractivity contribution in [1.82, 2.24) is 0 Å². The Kier molecular flexibility index (Phi) is 8.66. The van der Waals surface area contributed by atoms with Gasteiger partial charge in [-0.3, -0.25) is 0 Å². The van der Waals surface area contributed by atoms with Gasteiger partial charge in [-0.25, -0.2) is 0 Å². The van der Waals surface area contributed by atoms with Gasteiger partial charge in [-0.1, -0.05) is 188 Å². The minimum Gasteiger partial charge on any atom is -0.310 e. The molecule has 0 aromatic heterocycles. The number of nitrogens with zero attached hydrogens (tertiary/aromatic N) is 1. The molecule has 0 radical (unpaired) electrons. The van der Waals surface area contributed by atoms with Gasteiger partial charge >= 0.3 is 0 Å². The average Bonchev–Trinajstić information content (AvgIpc) is 3.25. The van der Waals surface area contributed by atoms with Crippen molar-refractivity contribution >= 4 is 27.8 Å². The maximum Gasteiger partial charge on any atom is 0.0540 e. The van der Waals surface area contributed by atoms with E-state index in [1.165, 1.54) is 66.4 Å². The Morgan fingerprint density at radius 1 is 0.245 bits per heavy atom. The third-order valence-corrected chi connectivity index (χ3v) is 10.1. The Balaban J connectivity index is 1.15. The second-order valence-corrected chi connectivity index (χ2v) is 13.3. The summed E-state index contributed by atoms with van der Waals surface area (Å²) in [5, 5.41) is 2.52. The van der Waals surface area contributed by atoms with Crippen molar-refractivity contribution < 1.29 is 0 Å². The molecule has 1 nitrogen and oxygen atoms in total. The first kappa shape index (κ1) is 32.0. The van der Waals surface area contributed by atoms with E-state index in [1.54, 1.807) is 0 Å². The van der Waals surface area contributed by atoms with E-state index in [9.17, 15) is 0 Å². The first-order valence-corrected chi connectivity index (χ1v) is 18.2. The Bertz CT molecular complexity index is 2650. The molecule has 0 fully saturated rings. The van der Waals surface area contributed by atoms with Crippen molar-refractivity contribution in [2.24, 2.45) is 0 Å². The number of anilines is 3. The molecular weight excluding hydrogens is 639 g/mol. The minimum absolute atomic E-state index is 1.09. The van der Waals surface area contributed by atoms with Gasteiger partial charge in [-0.05, 0) is 97.2 Å². The maximum absolute atomic E-state index is 2.40. The van der Waals surface area contributed by atoms with Gasteiger partial charge in [0.05, 0.1) is 5.69 Å². The Morgan fingerprint density at radius 3 is 1.49 bits per heavy atom. The fourth-order valence-electron chi connectivity index (χ4n) is 7.52. The van der Waals surface area contributed by atoms with Gasteiger partial charge in [0.15, 0.2) is 0 Å². The molecule has 0 unspecified atom stereocenters. The van der Waals surface area contributed by atoms with Crippen LogP contribution in [0.3, 0.4) is 0 Å². The fourth-order valence-corrected chi connectivity index (χ4v) is 7.52. The van der Waals surface area contributed by atoms with Crippen LogP contribution < -0.4 is 4.90 Å². The molecular formula is C52H37N. The van der Waals surface area contributed by atoms with Crippen LogP contribution in [0.2, 0.25) is 0 Å². The van der Waals surface area contributed by atoms with E-state index in [4.69, 9.17) is 0 Å². The molecule has 9 aromatic rings. The van der Waals surface area contributed by atoms with Crippen LogP contribution in [0, 0.1) is 0 Å². The molecule has 0 saturated carbocycles. The lowest BCUT2D eigenvalue weighted by molar-refractivity contribution is 1.28. The molecule has 1 heteroatoms. The summed E-state index contributed by atoms with van der Waals surface area (Å²) in [4.78, 5) is 2.40. The van der Waals surface area contributed by atoms with Crippen molar-refractivity contribution in [3.63, 3.8) is 0 Å². The summed E-state index contributed by atoms with van der Waals surface area (Å²) < 4.78 is 0. The molecule has 0 spiro atoms. The molecule has 250 valence electrons. The molecule has 0 atom stereocenters. The van der Waals surface area contributed by atoms with E-state index in [0.29, 0.717) is 0 Å². The molecule has 9 aromatic carbocycles. The van der Waals surface area contributed by atoms with E-state index in [0.717, 1.165) is 17.1 Å². The van der Waals surface area contributed by atoms with Crippen molar-refractivity contribution in [2.45, 2.75) is 0 Å². The van der Waals surface area contributed by atoms with Gasteiger partial charge in [-0.15, -0.1) is 0 Å². The molecule has 53 heavy (non-hydrogen) atoms. The quantitative estimate of drug-likeness (QED) is 0.155. The first-order chi connectivity index (χ1) is 26.3. The highest BCUT2D eigenvalue weighted by Crippen LogP contribution is 2.43. The van der Waals surface area contributed by atoms with Crippen LogP contribution in [0.15, 0.2) is 224 Å². The third-order valence-electron chi connectivity index (χ3n) is 10.1. The number of fused-ring (bicyclic) bond motifs is 1. The summed E-state index contributed by atoms with van der Waals surface area (Å²) in [5.41, 5.74) is 15.3. The van der Waals surface area contributed by atoms with Crippen LogP contribution in [0.1, 0.15) is 0 Å². The predicted octanol–water partition coefficient (Wildman–Crippen LogP) is 14.6. The number of rotatable bonds is 8. The van der Waals surface area contributed by atoms with Crippen molar-refractivity contribution in [1.29, 1.82) is 0 Å². The molecule has 0 amide bonds. The summed E-state index contributed by atoms with van der Waals surface area (Å²) >= 11 is 0. The van der Waals surface area contributed by atoms with E-state index in [1.807, 2.05) is 0 Å². The smallest absolute Gasteiger partial charge is 0.0540 e. The monoisotopic (exact) mass is 675 g/mol. The Morgan fingerprint density at radius 2 is 0.736 bits per heavy atom. The lowest BCUT2D eigenvalue weighted by Gasteiger charge is -2.28. The SMILES string of the molecule is c1ccc(-c2ccccc2-c2cccc(N(c3ccc(-c4cccc(-c5cccc6ccccc56)c4)cc3)c3ccccc3-c3ccccc3)c2)cc1. The van der Waals surface area contributed by atoms with Gasteiger partial charge in [0.2, 0.25) is 0 Å². The molecule has 0 saturated heterocycles. The van der Waals surface area contributed by atoms with Crippen molar-refractivity contribution in [2.75, 3.05) is 4.90 Å². The van der Waals surface area contributed by atoms with Crippen LogP contribution in [0.4, 0.5) is 17.1 Å². The van der Waals surface area contributed by atoms with Gasteiger partial charge in [0, 0.05) is 16.9 Å². The summed E-state index contributed by atoms with van der Waals surface area (Å²) in [5.74, 6) is 0. The standard InChI is InChI=1S/C52H37N/c1-3-16-39(17-4-1)47-27-9-10-28-49(47)44-24-14-25-46(37-44)53(52-31-12-11-29-51(52)41-18-5-2-6-19-41)45-34-32-38(33-35-45)42-22-13-23-43(36-42)50-30-15-21-40-20-7-8-26-48(40)50/h1-37H. The van der Waals surface area contributed by atoms with Gasteiger partial charge in [0.25, 0.3) is 0 Å². The zero-order chi connectivity index (χ0) is 35.4. The van der Waals surface area contributed by atoms with Crippen molar-refractivity contribution in [3.05, 3.63) is 224 Å². The van der Waals surface area contributed by atoms with E-state index < -0.39 is 0 Å². The van der Waals surface area contributed by atoms with E-state index in [-0.39, 0.29) is 0 Å². The van der Waals surface area contributed by atoms with E-state index >= 15 is 0 Å². The highest BCUT2D eigenvalue weighted by atomic mass is 15.1. The maximum atomic E-state index is 2.40. The normalized spacial score (nSPS) is 11.0. The zero-order valence-corrected chi connectivity index (χ0v) is 29.3. The molecule has 0 aliphatic heterocycles. The molecule has 0 aliphatic rings. The van der Waals surface area contributed by atoms with Crippen LogP contribution >= 0.6 is 0 Å². The molecule has 0 heterocycles. The second kappa shape index (κ2) is 14.3. The summed E-state index contributed by atoms with van der Waals surface area (Å²) in [6, 6.07) is 80.8. The molecule has 0 aliphatic carbocycles.